The standard InChI is InChI=1S/C8H10B2N2/c9-8-4-3-7-12(8)10-11-5-1-2-6-11/h1-7,10H,9H2. The largest absolute Gasteiger partial charge is 0.387 e. The lowest BCUT2D eigenvalue weighted by Crippen LogP contribution is -2.25. The third-order valence-corrected chi connectivity index (χ3v) is 2.04. The molecule has 0 spiro atoms. The number of hydrogen-bond acceptors (Lipinski definition) is 0. The Morgan fingerprint density at radius 3 is 2.42 bits per heavy atom. The fraction of sp³-hybridized carbons (Fsp3) is 0. The molecule has 0 fully saturated rings. The lowest BCUT2D eigenvalue weighted by molar-refractivity contribution is 1.13. The molecule has 0 aliphatic heterocycles. The summed E-state index contributed by atoms with van der Waals surface area (Å²) in [4.78, 5) is 0. The maximum Gasteiger partial charge on any atom is 0.363 e. The van der Waals surface area contributed by atoms with Gasteiger partial charge in [-0.3, -0.25) is 0 Å². The van der Waals surface area contributed by atoms with Gasteiger partial charge in [0.25, 0.3) is 0 Å². The van der Waals surface area contributed by atoms with Gasteiger partial charge in [-0.25, -0.2) is 0 Å². The second-order valence-electron chi connectivity index (χ2n) is 2.96. The molecule has 2 rings (SSSR count). The van der Waals surface area contributed by atoms with Gasteiger partial charge in [0.15, 0.2) is 7.85 Å². The van der Waals surface area contributed by atoms with Crippen molar-refractivity contribution in [2.45, 2.75) is 0 Å². The molecule has 12 heavy (non-hydrogen) atoms. The van der Waals surface area contributed by atoms with Crippen molar-refractivity contribution in [3.8, 4) is 0 Å². The summed E-state index contributed by atoms with van der Waals surface area (Å²) in [5.41, 5.74) is 1.30. The van der Waals surface area contributed by atoms with Crippen LogP contribution in [0.25, 0.3) is 0 Å². The van der Waals surface area contributed by atoms with E-state index in [0.717, 1.165) is 7.55 Å². The van der Waals surface area contributed by atoms with Crippen LogP contribution in [0, 0.1) is 0 Å². The zero-order chi connectivity index (χ0) is 8.39. The summed E-state index contributed by atoms with van der Waals surface area (Å²) in [7, 11) is 3.02. The minimum absolute atomic E-state index is 0.909. The van der Waals surface area contributed by atoms with Gasteiger partial charge in [0.1, 0.15) is 0 Å². The fourth-order valence-electron chi connectivity index (χ4n) is 1.30. The first-order valence-corrected chi connectivity index (χ1v) is 4.09. The van der Waals surface area contributed by atoms with Crippen LogP contribution in [-0.2, 0) is 0 Å². The average Bonchev–Trinajstić information content (AvgIpc) is 2.65. The number of rotatable bonds is 2. The van der Waals surface area contributed by atoms with Crippen molar-refractivity contribution in [2.24, 2.45) is 0 Å². The quantitative estimate of drug-likeness (QED) is 0.504. The van der Waals surface area contributed by atoms with Gasteiger partial charge >= 0.3 is 7.55 Å². The molecular weight excluding hydrogens is 146 g/mol. The molecule has 2 heterocycles. The van der Waals surface area contributed by atoms with E-state index >= 15 is 0 Å². The molecule has 0 saturated carbocycles. The minimum atomic E-state index is 0.909. The molecular formula is C8H10B2N2. The van der Waals surface area contributed by atoms with Crippen LogP contribution < -0.4 is 5.59 Å². The van der Waals surface area contributed by atoms with Crippen LogP contribution in [0.4, 0.5) is 0 Å². The first kappa shape index (κ1) is 7.34. The van der Waals surface area contributed by atoms with Crippen LogP contribution in [-0.4, -0.2) is 24.4 Å². The van der Waals surface area contributed by atoms with Gasteiger partial charge in [-0.15, -0.1) is 0 Å². The first-order valence-electron chi connectivity index (χ1n) is 4.09. The van der Waals surface area contributed by atoms with Gasteiger partial charge in [-0.05, 0) is 42.4 Å². The van der Waals surface area contributed by atoms with Crippen molar-refractivity contribution in [3.05, 3.63) is 42.9 Å². The van der Waals surface area contributed by atoms with Crippen LogP contribution >= 0.6 is 0 Å². The molecule has 0 N–H and O–H groups in total. The van der Waals surface area contributed by atoms with Gasteiger partial charge in [0, 0.05) is 0 Å². The normalized spacial score (nSPS) is 10.0. The van der Waals surface area contributed by atoms with Gasteiger partial charge in [0.2, 0.25) is 0 Å². The fourth-order valence-corrected chi connectivity index (χ4v) is 1.30. The molecule has 0 radical (unpaired) electrons. The molecule has 0 saturated heterocycles. The summed E-state index contributed by atoms with van der Waals surface area (Å²) < 4.78 is 4.35. The molecule has 0 aliphatic rings. The maximum atomic E-state index is 2.21. The van der Waals surface area contributed by atoms with E-state index in [9.17, 15) is 0 Å². The highest BCUT2D eigenvalue weighted by molar-refractivity contribution is 6.40. The van der Waals surface area contributed by atoms with E-state index in [1.807, 2.05) is 12.1 Å². The molecule has 0 unspecified atom stereocenters. The van der Waals surface area contributed by atoms with Crippen molar-refractivity contribution in [1.29, 1.82) is 0 Å². The molecule has 2 aromatic heterocycles. The smallest absolute Gasteiger partial charge is 0.363 e. The van der Waals surface area contributed by atoms with E-state index in [1.54, 1.807) is 0 Å². The Balaban J connectivity index is 2.20. The van der Waals surface area contributed by atoms with E-state index in [2.05, 4.69) is 47.5 Å². The van der Waals surface area contributed by atoms with Crippen LogP contribution in [0.1, 0.15) is 0 Å². The predicted molar refractivity (Wildman–Crippen MR) is 55.0 cm³/mol. The van der Waals surface area contributed by atoms with E-state index < -0.39 is 0 Å². The second-order valence-corrected chi connectivity index (χ2v) is 2.96. The van der Waals surface area contributed by atoms with Crippen molar-refractivity contribution in [1.82, 2.24) is 8.96 Å². The highest BCUT2D eigenvalue weighted by Crippen LogP contribution is 1.88. The minimum Gasteiger partial charge on any atom is -0.387 e. The summed E-state index contributed by atoms with van der Waals surface area (Å²) in [5, 5.41) is 0. The number of hydrogen-bond donors (Lipinski definition) is 0. The Bertz CT molecular complexity index is 351. The van der Waals surface area contributed by atoms with Crippen molar-refractivity contribution in [2.75, 3.05) is 0 Å². The Morgan fingerprint density at radius 2 is 1.83 bits per heavy atom. The van der Waals surface area contributed by atoms with Gasteiger partial charge in [-0.2, -0.15) is 0 Å². The van der Waals surface area contributed by atoms with Crippen LogP contribution in [0.5, 0.6) is 0 Å². The van der Waals surface area contributed by atoms with Crippen LogP contribution in [0.15, 0.2) is 42.9 Å². The van der Waals surface area contributed by atoms with Crippen molar-refractivity contribution >= 4 is 21.0 Å². The van der Waals surface area contributed by atoms with Gasteiger partial charge < -0.3 is 8.96 Å². The van der Waals surface area contributed by atoms with E-state index in [4.69, 9.17) is 0 Å². The molecule has 2 nitrogen and oxygen atoms in total. The summed E-state index contributed by atoms with van der Waals surface area (Å²) >= 11 is 0. The second kappa shape index (κ2) is 2.97. The Morgan fingerprint density at radius 1 is 1.08 bits per heavy atom. The summed E-state index contributed by atoms with van der Waals surface area (Å²) in [6.45, 7) is 0. The molecule has 2 aromatic rings. The molecule has 0 bridgehead atoms. The van der Waals surface area contributed by atoms with Crippen molar-refractivity contribution in [3.63, 3.8) is 0 Å². The average molecular weight is 156 g/mol. The van der Waals surface area contributed by atoms with Crippen LogP contribution in [0.3, 0.4) is 0 Å². The molecule has 0 atom stereocenters. The lowest BCUT2D eigenvalue weighted by atomic mass is 10.0. The highest BCUT2D eigenvalue weighted by atomic mass is 15.0. The zero-order valence-corrected chi connectivity index (χ0v) is 7.14. The predicted octanol–water partition coefficient (Wildman–Crippen LogP) is -0.789. The molecule has 0 aliphatic carbocycles. The topological polar surface area (TPSA) is 9.86 Å². The Kier molecular flexibility index (Phi) is 1.82. The van der Waals surface area contributed by atoms with E-state index in [1.165, 1.54) is 5.59 Å². The van der Waals surface area contributed by atoms with Gasteiger partial charge in [0.05, 0.1) is 0 Å². The monoisotopic (exact) mass is 156 g/mol. The first-order chi connectivity index (χ1) is 5.86. The van der Waals surface area contributed by atoms with E-state index in [0.29, 0.717) is 0 Å². The summed E-state index contributed by atoms with van der Waals surface area (Å²) in [6, 6.07) is 8.26. The highest BCUT2D eigenvalue weighted by Gasteiger charge is 1.97. The third-order valence-electron chi connectivity index (χ3n) is 2.04. The SMILES string of the molecule is Bc1cccn1Bn1cccc1. The maximum absolute atomic E-state index is 2.21. The number of aromatic nitrogens is 2. The van der Waals surface area contributed by atoms with Gasteiger partial charge in [-0.1, -0.05) is 6.07 Å². The van der Waals surface area contributed by atoms with Crippen LogP contribution in [0.2, 0.25) is 0 Å². The molecule has 0 amide bonds. The van der Waals surface area contributed by atoms with Crippen molar-refractivity contribution < 1.29 is 0 Å². The summed E-state index contributed by atoms with van der Waals surface area (Å²) in [5.74, 6) is 0. The summed E-state index contributed by atoms with van der Waals surface area (Å²) in [6.07, 6.45) is 6.23. The Labute approximate surface area is 73.5 Å². The third kappa shape index (κ3) is 1.33. The number of nitrogens with zero attached hydrogens (tertiary/aromatic N) is 2. The lowest BCUT2D eigenvalue weighted by Gasteiger charge is -2.04. The molecule has 4 heteroatoms. The molecule has 58 valence electrons. The Hall–Kier alpha value is -1.31. The molecule has 0 aromatic carbocycles. The van der Waals surface area contributed by atoms with E-state index in [-0.39, 0.29) is 0 Å². The zero-order valence-electron chi connectivity index (χ0n) is 7.14.